The zero-order valence-corrected chi connectivity index (χ0v) is 33.8. The molecule has 0 bridgehead atoms. The van der Waals surface area contributed by atoms with Crippen LogP contribution in [0.1, 0.15) is 93.9 Å². The Bertz CT molecular complexity index is 1210. The molecule has 2 rings (SSSR count). The molecular formula is C39H69N3O10. The molecule has 52 heavy (non-hydrogen) atoms. The van der Waals surface area contributed by atoms with Gasteiger partial charge in [0, 0.05) is 50.4 Å². The molecule has 0 radical (unpaired) electrons. The summed E-state index contributed by atoms with van der Waals surface area (Å²) in [7, 11) is 7.36. The summed E-state index contributed by atoms with van der Waals surface area (Å²) in [5.74, 6) is -2.00. The number of cyclic esters (lactones) is 1. The van der Waals surface area contributed by atoms with E-state index in [9.17, 15) is 24.9 Å². The molecule has 2 aliphatic rings. The standard InChI is InChI=1S/C39H69N3O10/c1-14-17-20-42(12)29-22-25(5)50-37(33(29)44)52-35-27(7)32(43)28(8)36(46)51-30(15-2)39(47,16-3)34(45)26(6)31(24(4)23-38(35,9)48-13)40-49-21-18-19-41(10)11/h1,24-30,33-35,37,44-45,47H,15-23H2,2-13H3/b40-31+/t24-,25-,26+,27+,28-,29+,30-,33-,34-,35-,37+,38-,39-/m1/s1. The number of esters is 1. The van der Waals surface area contributed by atoms with Crippen molar-refractivity contribution in [3.8, 4) is 12.3 Å². The molecule has 13 heteroatoms. The number of methoxy groups -OCH3 is 1. The first-order valence-corrected chi connectivity index (χ1v) is 19.0. The molecule has 0 unspecified atom stereocenters. The molecule has 0 aromatic carbocycles. The Morgan fingerprint density at radius 3 is 2.27 bits per heavy atom. The van der Waals surface area contributed by atoms with Crippen molar-refractivity contribution in [3.05, 3.63) is 0 Å². The second-order valence-electron chi connectivity index (χ2n) is 15.6. The largest absolute Gasteiger partial charge is 0.459 e. The molecule has 0 aromatic rings. The monoisotopic (exact) mass is 739 g/mol. The molecule has 13 atom stereocenters. The number of aliphatic hydroxyl groups is 3. The molecule has 2 aliphatic heterocycles. The van der Waals surface area contributed by atoms with Crippen LogP contribution < -0.4 is 0 Å². The lowest BCUT2D eigenvalue weighted by Gasteiger charge is -2.47. The maximum atomic E-state index is 14.2. The molecule has 0 amide bonds. The highest BCUT2D eigenvalue weighted by Crippen LogP contribution is 2.39. The van der Waals surface area contributed by atoms with Crippen molar-refractivity contribution in [3.63, 3.8) is 0 Å². The van der Waals surface area contributed by atoms with Crippen molar-refractivity contribution >= 4 is 17.5 Å². The van der Waals surface area contributed by atoms with Gasteiger partial charge in [0.25, 0.3) is 0 Å². The molecular weight excluding hydrogens is 670 g/mol. The van der Waals surface area contributed by atoms with E-state index in [4.69, 9.17) is 30.2 Å². The van der Waals surface area contributed by atoms with Crippen molar-refractivity contribution in [2.24, 2.45) is 28.8 Å². The number of hydrogen-bond acceptors (Lipinski definition) is 13. The van der Waals surface area contributed by atoms with E-state index in [1.165, 1.54) is 14.0 Å². The number of oxime groups is 1. The SMILES string of the molecule is C#CCCN(C)[C@H]1C[C@@H](C)O[C@@H](O[C@@H]2[C@@H](C)C(=O)[C@@H](C)C(=O)O[C@H](CC)[C@](O)(CC)[C@H](O)[C@@H](C)/C(=N/OCCCN(C)C)[C@H](C)C[C@@]2(C)OC)[C@@H]1O. The van der Waals surface area contributed by atoms with Crippen LogP contribution in [0.15, 0.2) is 5.16 Å². The Hall–Kier alpha value is -2.15. The van der Waals surface area contributed by atoms with Crippen LogP contribution in [-0.2, 0) is 33.4 Å². The summed E-state index contributed by atoms with van der Waals surface area (Å²) >= 11 is 0. The summed E-state index contributed by atoms with van der Waals surface area (Å²) in [5.41, 5.74) is -2.60. The molecule has 2 fully saturated rings. The average Bonchev–Trinajstić information content (AvgIpc) is 3.11. The molecule has 13 nitrogen and oxygen atoms in total. The second kappa shape index (κ2) is 20.5. The van der Waals surface area contributed by atoms with Crippen LogP contribution >= 0.6 is 0 Å². The highest BCUT2D eigenvalue weighted by molar-refractivity contribution is 6.00. The molecule has 2 saturated heterocycles. The molecule has 0 spiro atoms. The van der Waals surface area contributed by atoms with Gasteiger partial charge >= 0.3 is 5.97 Å². The van der Waals surface area contributed by atoms with Crippen molar-refractivity contribution in [2.75, 3.05) is 47.9 Å². The molecule has 2 heterocycles. The number of ether oxygens (including phenoxy) is 4. The minimum absolute atomic E-state index is 0.0706. The molecule has 0 aromatic heterocycles. The summed E-state index contributed by atoms with van der Waals surface area (Å²) in [6.07, 6.45) is 1.72. The van der Waals surface area contributed by atoms with E-state index in [1.54, 1.807) is 27.7 Å². The number of ketones is 1. The lowest BCUT2D eigenvalue weighted by Crippen LogP contribution is -2.60. The lowest BCUT2D eigenvalue weighted by atomic mass is 9.73. The minimum atomic E-state index is -1.85. The predicted molar refractivity (Wildman–Crippen MR) is 199 cm³/mol. The summed E-state index contributed by atoms with van der Waals surface area (Å²) in [4.78, 5) is 37.8. The van der Waals surface area contributed by atoms with E-state index < -0.39 is 77.3 Å². The van der Waals surface area contributed by atoms with Crippen molar-refractivity contribution in [2.45, 2.75) is 148 Å². The first kappa shape index (κ1) is 46.0. The molecule has 300 valence electrons. The third kappa shape index (κ3) is 11.2. The quantitative estimate of drug-likeness (QED) is 0.0834. The number of nitrogens with zero attached hydrogens (tertiary/aromatic N) is 3. The normalized spacial score (nSPS) is 39.3. The van der Waals surface area contributed by atoms with Gasteiger partial charge in [-0.05, 0) is 74.0 Å². The van der Waals surface area contributed by atoms with Gasteiger partial charge in [-0.3, -0.25) is 14.5 Å². The minimum Gasteiger partial charge on any atom is -0.459 e. The fourth-order valence-corrected chi connectivity index (χ4v) is 7.80. The second-order valence-corrected chi connectivity index (χ2v) is 15.6. The Kier molecular flexibility index (Phi) is 18.1. The number of aliphatic hydroxyl groups excluding tert-OH is 2. The number of Topliss-reactive ketones (excluding diaryl/α,β-unsaturated/α-hetero) is 1. The Morgan fingerprint density at radius 2 is 1.71 bits per heavy atom. The molecule has 3 N–H and O–H groups in total. The summed E-state index contributed by atoms with van der Waals surface area (Å²) in [6.45, 7) is 15.7. The van der Waals surface area contributed by atoms with Crippen LogP contribution in [0.4, 0.5) is 0 Å². The van der Waals surface area contributed by atoms with Gasteiger partial charge in [-0.25, -0.2) is 0 Å². The van der Waals surface area contributed by atoms with Crippen molar-refractivity contribution < 1.29 is 48.7 Å². The van der Waals surface area contributed by atoms with Crippen molar-refractivity contribution in [1.82, 2.24) is 9.80 Å². The molecule has 0 saturated carbocycles. The van der Waals surface area contributed by atoms with E-state index in [2.05, 4.69) is 11.1 Å². The maximum Gasteiger partial charge on any atom is 0.316 e. The van der Waals surface area contributed by atoms with Gasteiger partial charge in [0.2, 0.25) is 0 Å². The highest BCUT2D eigenvalue weighted by atomic mass is 16.7. The van der Waals surface area contributed by atoms with Gasteiger partial charge in [-0.1, -0.05) is 39.8 Å². The first-order chi connectivity index (χ1) is 24.3. The number of carbonyl (C=O) groups is 2. The van der Waals surface area contributed by atoms with Gasteiger partial charge in [0.05, 0.1) is 29.6 Å². The zero-order valence-electron chi connectivity index (χ0n) is 33.8. The summed E-state index contributed by atoms with van der Waals surface area (Å²) in [6, 6.07) is -0.331. The van der Waals surface area contributed by atoms with Crippen molar-refractivity contribution in [1.29, 1.82) is 0 Å². The summed E-state index contributed by atoms with van der Waals surface area (Å²) < 4.78 is 25.0. The lowest BCUT2D eigenvalue weighted by molar-refractivity contribution is -0.295. The van der Waals surface area contributed by atoms with Gasteiger partial charge in [-0.15, -0.1) is 12.3 Å². The fraction of sp³-hybridized carbons (Fsp3) is 0.872. The predicted octanol–water partition coefficient (Wildman–Crippen LogP) is 3.26. The van der Waals surface area contributed by atoms with Crippen LogP contribution in [0, 0.1) is 36.0 Å². The smallest absolute Gasteiger partial charge is 0.316 e. The maximum absolute atomic E-state index is 14.2. The van der Waals surface area contributed by atoms with E-state index in [0.717, 1.165) is 6.54 Å². The van der Waals surface area contributed by atoms with Gasteiger partial charge in [0.15, 0.2) is 12.1 Å². The third-order valence-corrected chi connectivity index (χ3v) is 11.3. The average molecular weight is 740 g/mol. The number of rotatable bonds is 13. The van der Waals surface area contributed by atoms with E-state index in [1.807, 2.05) is 51.7 Å². The first-order valence-electron chi connectivity index (χ1n) is 19.0. The number of hydrogen-bond donors (Lipinski definition) is 3. The van der Waals surface area contributed by atoms with E-state index >= 15 is 0 Å². The third-order valence-electron chi connectivity index (χ3n) is 11.3. The topological polar surface area (TPSA) is 160 Å². The Labute approximate surface area is 312 Å². The Balaban J connectivity index is 2.71. The fourth-order valence-electron chi connectivity index (χ4n) is 7.80. The van der Waals surface area contributed by atoms with Gasteiger partial charge in [-0.2, -0.15) is 0 Å². The van der Waals surface area contributed by atoms with Gasteiger partial charge < -0.3 is 44.0 Å². The van der Waals surface area contributed by atoms with Crippen LogP contribution in [0.3, 0.4) is 0 Å². The van der Waals surface area contributed by atoms with Crippen LogP contribution in [0.5, 0.6) is 0 Å². The van der Waals surface area contributed by atoms with Crippen LogP contribution in [-0.4, -0.2) is 145 Å². The van der Waals surface area contributed by atoms with Crippen LogP contribution in [0.25, 0.3) is 0 Å². The Morgan fingerprint density at radius 1 is 1.06 bits per heavy atom. The summed E-state index contributed by atoms with van der Waals surface area (Å²) in [5, 5.41) is 40.1. The van der Waals surface area contributed by atoms with Crippen LogP contribution in [0.2, 0.25) is 0 Å². The number of terminal acetylenes is 1. The molecule has 0 aliphatic carbocycles. The van der Waals surface area contributed by atoms with Gasteiger partial charge in [0.1, 0.15) is 30.3 Å². The zero-order chi connectivity index (χ0) is 39.6. The number of carbonyl (C=O) groups excluding carboxylic acids is 2. The van der Waals surface area contributed by atoms with E-state index in [-0.39, 0.29) is 31.4 Å². The highest BCUT2D eigenvalue weighted by Gasteiger charge is 2.52. The van der Waals surface area contributed by atoms with E-state index in [0.29, 0.717) is 38.1 Å². The number of likely N-dealkylation sites (N-methyl/N-ethyl adjacent to an activating group) is 1.